The molecule has 2 rings (SSSR count). The average Bonchev–Trinajstić information content (AvgIpc) is 2.48. The summed E-state index contributed by atoms with van der Waals surface area (Å²) in [7, 11) is 0. The molecule has 110 valence electrons. The molecule has 2 aromatic rings. The molecule has 0 unspecified atom stereocenters. The maximum Gasteiger partial charge on any atom is 0.252 e. The molecule has 0 radical (unpaired) electrons. The van der Waals surface area contributed by atoms with Crippen molar-refractivity contribution >= 4 is 29.3 Å². The van der Waals surface area contributed by atoms with E-state index >= 15 is 0 Å². The van der Waals surface area contributed by atoms with Gasteiger partial charge in [0.15, 0.2) is 6.20 Å². The van der Waals surface area contributed by atoms with Crippen LogP contribution >= 0.6 is 23.4 Å². The van der Waals surface area contributed by atoms with Crippen molar-refractivity contribution < 1.29 is 9.52 Å². The van der Waals surface area contributed by atoms with Gasteiger partial charge in [0, 0.05) is 23.7 Å². The van der Waals surface area contributed by atoms with Crippen LogP contribution in [-0.2, 0) is 11.3 Å². The molecule has 0 spiro atoms. The number of thioether (sulfide) groups is 1. The van der Waals surface area contributed by atoms with Gasteiger partial charge in [-0.05, 0) is 36.4 Å². The zero-order chi connectivity index (χ0) is 15.2. The number of aromatic nitrogens is 1. The number of hydrogen-bond acceptors (Lipinski definition) is 3. The lowest BCUT2D eigenvalue weighted by Crippen LogP contribution is -2.33. The minimum Gasteiger partial charge on any atom is -0.618 e. The number of nitrogens with one attached hydrogen (secondary N) is 1. The second-order valence-corrected chi connectivity index (χ2v) is 6.20. The van der Waals surface area contributed by atoms with E-state index in [4.69, 9.17) is 11.6 Å². The van der Waals surface area contributed by atoms with Gasteiger partial charge in [0.05, 0.1) is 5.25 Å². The number of nitrogens with zero attached hydrogens (tertiary/aromatic N) is 1. The van der Waals surface area contributed by atoms with E-state index in [0.29, 0.717) is 16.6 Å². The third kappa shape index (κ3) is 4.37. The Bertz CT molecular complexity index is 637. The van der Waals surface area contributed by atoms with Gasteiger partial charge in [-0.1, -0.05) is 29.8 Å². The Kier molecular flexibility index (Phi) is 5.47. The lowest BCUT2D eigenvalue weighted by Gasteiger charge is -2.12. The summed E-state index contributed by atoms with van der Waals surface area (Å²) in [5.41, 5.74) is 0.864. The van der Waals surface area contributed by atoms with E-state index in [9.17, 15) is 10.0 Å². The Labute approximate surface area is 132 Å². The van der Waals surface area contributed by atoms with Gasteiger partial charge in [0.25, 0.3) is 5.03 Å². The summed E-state index contributed by atoms with van der Waals surface area (Å²) in [6.07, 6.45) is 1.41. The van der Waals surface area contributed by atoms with E-state index in [2.05, 4.69) is 5.32 Å². The average molecular weight is 323 g/mol. The number of pyridine rings is 1. The fraction of sp³-hybridized carbons (Fsp3) is 0.200. The Balaban J connectivity index is 1.91. The van der Waals surface area contributed by atoms with E-state index < -0.39 is 0 Å². The van der Waals surface area contributed by atoms with Gasteiger partial charge in [0.2, 0.25) is 5.91 Å². The molecule has 4 nitrogen and oxygen atoms in total. The van der Waals surface area contributed by atoms with E-state index in [1.54, 1.807) is 31.2 Å². The maximum absolute atomic E-state index is 12.1. The Morgan fingerprint density at radius 2 is 2.05 bits per heavy atom. The van der Waals surface area contributed by atoms with Crippen LogP contribution in [-0.4, -0.2) is 11.2 Å². The van der Waals surface area contributed by atoms with Crippen molar-refractivity contribution in [3.63, 3.8) is 0 Å². The predicted octanol–water partition coefficient (Wildman–Crippen LogP) is 2.77. The molecule has 1 aromatic heterocycles. The van der Waals surface area contributed by atoms with Gasteiger partial charge in [-0.3, -0.25) is 4.79 Å². The van der Waals surface area contributed by atoms with Crippen molar-refractivity contribution in [1.29, 1.82) is 0 Å². The molecule has 0 aliphatic carbocycles. The van der Waals surface area contributed by atoms with Gasteiger partial charge in [-0.2, -0.15) is 4.73 Å². The molecule has 1 N–H and O–H groups in total. The smallest absolute Gasteiger partial charge is 0.252 e. The molecule has 1 amide bonds. The first-order chi connectivity index (χ1) is 10.1. The number of rotatable bonds is 5. The van der Waals surface area contributed by atoms with E-state index in [-0.39, 0.29) is 11.2 Å². The SMILES string of the molecule is C[C@@H](Sc1cccc[n+]1[O-])C(=O)NCc1ccccc1Cl. The molecule has 0 bridgehead atoms. The van der Waals surface area contributed by atoms with Crippen LogP contribution in [0, 0.1) is 5.21 Å². The molecule has 0 saturated heterocycles. The van der Waals surface area contributed by atoms with Gasteiger partial charge in [-0.15, -0.1) is 0 Å². The Morgan fingerprint density at radius 1 is 1.33 bits per heavy atom. The first kappa shape index (κ1) is 15.7. The largest absolute Gasteiger partial charge is 0.618 e. The number of carbonyl (C=O) groups is 1. The number of benzene rings is 1. The summed E-state index contributed by atoms with van der Waals surface area (Å²) in [6.45, 7) is 2.13. The summed E-state index contributed by atoms with van der Waals surface area (Å²) < 4.78 is 0.752. The normalized spacial score (nSPS) is 11.9. The summed E-state index contributed by atoms with van der Waals surface area (Å²) in [4.78, 5) is 12.1. The second kappa shape index (κ2) is 7.33. The van der Waals surface area contributed by atoms with E-state index in [1.807, 2.05) is 18.2 Å². The molecule has 0 fully saturated rings. The van der Waals surface area contributed by atoms with Crippen LogP contribution in [0.3, 0.4) is 0 Å². The summed E-state index contributed by atoms with van der Waals surface area (Å²) in [5.74, 6) is -0.135. The highest BCUT2D eigenvalue weighted by atomic mass is 35.5. The topological polar surface area (TPSA) is 56.0 Å². The summed E-state index contributed by atoms with van der Waals surface area (Å²) >= 11 is 7.26. The first-order valence-corrected chi connectivity index (χ1v) is 7.69. The molecule has 1 heterocycles. The predicted molar refractivity (Wildman–Crippen MR) is 84.0 cm³/mol. The van der Waals surface area contributed by atoms with Crippen molar-refractivity contribution in [3.05, 3.63) is 64.5 Å². The Hall–Kier alpha value is -1.72. The standard InChI is InChI=1S/C15H15ClN2O2S/c1-11(21-14-8-4-5-9-18(14)20)15(19)17-10-12-6-2-3-7-13(12)16/h2-9,11H,10H2,1H3,(H,17,19)/t11-/m1/s1. The van der Waals surface area contributed by atoms with Crippen molar-refractivity contribution in [1.82, 2.24) is 5.32 Å². The second-order valence-electron chi connectivity index (χ2n) is 4.43. The third-order valence-electron chi connectivity index (χ3n) is 2.87. The molecule has 1 atom stereocenters. The van der Waals surface area contributed by atoms with Gasteiger partial charge >= 0.3 is 0 Å². The molecule has 0 saturated carbocycles. The summed E-state index contributed by atoms with van der Waals surface area (Å²) in [5, 5.41) is 15.1. The minimum absolute atomic E-state index is 0.135. The van der Waals surface area contributed by atoms with Crippen molar-refractivity contribution in [2.75, 3.05) is 0 Å². The van der Waals surface area contributed by atoms with E-state index in [0.717, 1.165) is 10.3 Å². The molecule has 0 aliphatic rings. The van der Waals surface area contributed by atoms with Crippen LogP contribution < -0.4 is 10.0 Å². The van der Waals surface area contributed by atoms with E-state index in [1.165, 1.54) is 18.0 Å². The maximum atomic E-state index is 12.1. The van der Waals surface area contributed by atoms with Gasteiger partial charge in [-0.25, -0.2) is 0 Å². The zero-order valence-electron chi connectivity index (χ0n) is 11.5. The highest BCUT2D eigenvalue weighted by Gasteiger charge is 2.18. The van der Waals surface area contributed by atoms with Gasteiger partial charge < -0.3 is 10.5 Å². The molecule has 6 heteroatoms. The van der Waals surface area contributed by atoms with Crippen LogP contribution in [0.15, 0.2) is 53.7 Å². The molecule has 21 heavy (non-hydrogen) atoms. The van der Waals surface area contributed by atoms with Crippen LogP contribution in [0.25, 0.3) is 0 Å². The lowest BCUT2D eigenvalue weighted by molar-refractivity contribution is -0.645. The number of amides is 1. The fourth-order valence-electron chi connectivity index (χ4n) is 1.71. The van der Waals surface area contributed by atoms with Crippen LogP contribution in [0.1, 0.15) is 12.5 Å². The van der Waals surface area contributed by atoms with Crippen LogP contribution in [0.2, 0.25) is 5.02 Å². The number of halogens is 1. The highest BCUT2D eigenvalue weighted by Crippen LogP contribution is 2.20. The Morgan fingerprint density at radius 3 is 2.76 bits per heavy atom. The van der Waals surface area contributed by atoms with Crippen molar-refractivity contribution in [2.45, 2.75) is 23.7 Å². The summed E-state index contributed by atoms with van der Waals surface area (Å²) in [6, 6.07) is 12.5. The van der Waals surface area contributed by atoms with Crippen LogP contribution in [0.4, 0.5) is 0 Å². The molecule has 0 aliphatic heterocycles. The molecular formula is C15H15ClN2O2S. The quantitative estimate of drug-likeness (QED) is 0.523. The van der Waals surface area contributed by atoms with Crippen molar-refractivity contribution in [2.24, 2.45) is 0 Å². The zero-order valence-corrected chi connectivity index (χ0v) is 13.0. The lowest BCUT2D eigenvalue weighted by atomic mass is 10.2. The minimum atomic E-state index is -0.366. The first-order valence-electron chi connectivity index (χ1n) is 6.44. The molecular weight excluding hydrogens is 308 g/mol. The van der Waals surface area contributed by atoms with Crippen LogP contribution in [0.5, 0.6) is 0 Å². The molecule has 1 aromatic carbocycles. The number of hydrogen-bond donors (Lipinski definition) is 1. The third-order valence-corrected chi connectivity index (χ3v) is 4.36. The fourth-order valence-corrected chi connectivity index (χ4v) is 2.78. The highest BCUT2D eigenvalue weighted by molar-refractivity contribution is 8.00. The monoisotopic (exact) mass is 322 g/mol. The van der Waals surface area contributed by atoms with Crippen molar-refractivity contribution in [3.8, 4) is 0 Å². The van der Waals surface area contributed by atoms with Gasteiger partial charge in [0.1, 0.15) is 0 Å². The number of carbonyl (C=O) groups excluding carboxylic acids is 1.